The number of amides is 3. The molecular formula is C29H40N8O15. The maximum absolute atomic E-state index is 12.7. The van der Waals surface area contributed by atoms with Gasteiger partial charge in [-0.25, -0.2) is 19.6 Å². The van der Waals surface area contributed by atoms with Crippen molar-refractivity contribution < 1.29 is 73.8 Å². The molecule has 2 aromatic rings. The van der Waals surface area contributed by atoms with Gasteiger partial charge < -0.3 is 55.7 Å². The van der Waals surface area contributed by atoms with Gasteiger partial charge in [0.1, 0.15) is 36.8 Å². The van der Waals surface area contributed by atoms with E-state index >= 15 is 0 Å². The Labute approximate surface area is 294 Å². The van der Waals surface area contributed by atoms with E-state index in [4.69, 9.17) is 20.4 Å². The number of carbonyl (C=O) groups excluding carboxylic acids is 3. The molecule has 2 rings (SSSR count). The molecule has 0 aliphatic carbocycles. The van der Waals surface area contributed by atoms with Crippen LogP contribution in [0.25, 0.3) is 0 Å². The molecule has 23 nitrogen and oxygen atoms in total. The highest BCUT2D eigenvalue weighted by atomic mass is 16.4. The number of aliphatic carboxylic acids is 6. The predicted molar refractivity (Wildman–Crippen MR) is 170 cm³/mol. The first-order valence-corrected chi connectivity index (χ1v) is 15.3. The van der Waals surface area contributed by atoms with Crippen molar-refractivity contribution in [1.29, 1.82) is 0 Å². The summed E-state index contributed by atoms with van der Waals surface area (Å²) in [5.74, 6) is -16.7. The maximum Gasteiger partial charge on any atom is 0.326 e. The van der Waals surface area contributed by atoms with E-state index in [1.807, 2.05) is 13.8 Å². The number of carboxylic acid groups (broad SMARTS) is 6. The Bertz CT molecular complexity index is 1480. The largest absolute Gasteiger partial charge is 0.481 e. The average molecular weight is 741 g/mol. The normalized spacial score (nSPS) is 11.9. The zero-order chi connectivity index (χ0) is 39.7. The van der Waals surface area contributed by atoms with Crippen LogP contribution in [0.15, 0.2) is 24.8 Å². The molecule has 0 saturated carbocycles. The topological polar surface area (TPSA) is 350 Å². The van der Waals surface area contributed by atoms with Gasteiger partial charge in [0.25, 0.3) is 0 Å². The fourth-order valence-electron chi connectivity index (χ4n) is 4.44. The third-order valence-corrected chi connectivity index (χ3v) is 7.01. The van der Waals surface area contributed by atoms with E-state index < -0.39 is 103 Å². The summed E-state index contributed by atoms with van der Waals surface area (Å²) in [5, 5.41) is 61.7. The average Bonchev–Trinajstić information content (AvgIpc) is 3.69. The second-order valence-corrected chi connectivity index (χ2v) is 10.6. The van der Waals surface area contributed by atoms with E-state index in [0.717, 1.165) is 0 Å². The minimum atomic E-state index is -2.10. The molecule has 0 bridgehead atoms. The standard InChI is InChI=1S/C27H34N8O15.C2H6/c1-28-19(36)10-33(8-17-29-2-4-34(17)11-20(37)31-15(26(47)48)6-13(22(39)40)23(41)42)9-18-30-3-5-35(18)12-21(38)32-16(27(49)50)7-14(24(43)44)25(45)46;1-2/h2-5,13-16H,6-12H2,1H3,(H,28,36)(H,31,37)(H,32,38)(H,39,40)(H,41,42)(H,43,44)(H,45,46)(H,47,48)(H,49,50);1-2H3. The Kier molecular flexibility index (Phi) is 17.6. The number of hydrogen-bond donors (Lipinski definition) is 9. The minimum absolute atomic E-state index is 0.137. The number of carboxylic acids is 6. The van der Waals surface area contributed by atoms with Gasteiger partial charge >= 0.3 is 35.8 Å². The van der Waals surface area contributed by atoms with E-state index in [0.29, 0.717) is 0 Å². The lowest BCUT2D eigenvalue weighted by Gasteiger charge is -2.22. The highest BCUT2D eigenvalue weighted by Crippen LogP contribution is 2.12. The Morgan fingerprint density at radius 2 is 0.962 bits per heavy atom. The molecule has 286 valence electrons. The summed E-state index contributed by atoms with van der Waals surface area (Å²) in [7, 11) is 1.37. The lowest BCUT2D eigenvalue weighted by atomic mass is 10.00. The predicted octanol–water partition coefficient (Wildman–Crippen LogP) is -2.66. The molecule has 52 heavy (non-hydrogen) atoms. The third kappa shape index (κ3) is 13.9. The van der Waals surface area contributed by atoms with Crippen LogP contribution in [-0.2, 0) is 69.3 Å². The monoisotopic (exact) mass is 740 g/mol. The van der Waals surface area contributed by atoms with Crippen LogP contribution in [0, 0.1) is 11.8 Å². The van der Waals surface area contributed by atoms with Gasteiger partial charge in [-0.1, -0.05) is 13.8 Å². The van der Waals surface area contributed by atoms with E-state index in [2.05, 4.69) is 25.9 Å². The first-order valence-electron chi connectivity index (χ1n) is 15.3. The van der Waals surface area contributed by atoms with Crippen molar-refractivity contribution in [2.24, 2.45) is 11.8 Å². The van der Waals surface area contributed by atoms with Crippen LogP contribution in [0.2, 0.25) is 0 Å². The van der Waals surface area contributed by atoms with Crippen LogP contribution in [0.3, 0.4) is 0 Å². The second-order valence-electron chi connectivity index (χ2n) is 10.6. The first kappa shape index (κ1) is 43.6. The van der Waals surface area contributed by atoms with Crippen molar-refractivity contribution in [3.05, 3.63) is 36.4 Å². The zero-order valence-electron chi connectivity index (χ0n) is 28.2. The van der Waals surface area contributed by atoms with Gasteiger partial charge in [-0.3, -0.25) is 38.5 Å². The van der Waals surface area contributed by atoms with Crippen molar-refractivity contribution in [3.63, 3.8) is 0 Å². The van der Waals surface area contributed by atoms with E-state index in [-0.39, 0.29) is 31.3 Å². The van der Waals surface area contributed by atoms with Gasteiger partial charge in [-0.2, -0.15) is 0 Å². The summed E-state index contributed by atoms with van der Waals surface area (Å²) in [6, 6.07) is -3.71. The molecule has 2 unspecified atom stereocenters. The van der Waals surface area contributed by atoms with Crippen LogP contribution in [0.1, 0.15) is 38.3 Å². The summed E-state index contributed by atoms with van der Waals surface area (Å²) in [4.78, 5) is 116. The van der Waals surface area contributed by atoms with Gasteiger partial charge in [-0.05, 0) is 0 Å². The third-order valence-electron chi connectivity index (χ3n) is 7.01. The lowest BCUT2D eigenvalue weighted by Crippen LogP contribution is -2.45. The molecule has 0 saturated heterocycles. The SMILES string of the molecule is CC.CNC(=O)CN(Cc1nccn1CC(=O)NC(CC(C(=O)O)C(=O)O)C(=O)O)Cc1nccn1CC(=O)NC(CC(C(=O)O)C(=O)O)C(=O)O. The Morgan fingerprint density at radius 3 is 1.25 bits per heavy atom. The molecule has 9 N–H and O–H groups in total. The summed E-state index contributed by atoms with van der Waals surface area (Å²) < 4.78 is 2.56. The number of likely N-dealkylation sites (N-methyl/N-ethyl adjacent to an activating group) is 1. The Hall–Kier alpha value is -6.39. The molecule has 0 fully saturated rings. The Balaban J connectivity index is 0.00000664. The van der Waals surface area contributed by atoms with Crippen molar-refractivity contribution in [1.82, 2.24) is 40.0 Å². The van der Waals surface area contributed by atoms with Gasteiger partial charge in [0.15, 0.2) is 11.8 Å². The first-order chi connectivity index (χ1) is 24.4. The highest BCUT2D eigenvalue weighted by molar-refractivity contribution is 5.95. The fourth-order valence-corrected chi connectivity index (χ4v) is 4.44. The van der Waals surface area contributed by atoms with Crippen LogP contribution in [0.5, 0.6) is 0 Å². The van der Waals surface area contributed by atoms with Crippen LogP contribution >= 0.6 is 0 Å². The molecule has 3 amide bonds. The van der Waals surface area contributed by atoms with Crippen LogP contribution in [-0.4, -0.2) is 134 Å². The molecule has 2 aromatic heterocycles. The van der Waals surface area contributed by atoms with E-state index in [9.17, 15) is 53.4 Å². The number of aromatic nitrogens is 4. The summed E-state index contributed by atoms with van der Waals surface area (Å²) in [6.07, 6.45) is 3.42. The van der Waals surface area contributed by atoms with Gasteiger partial charge in [-0.15, -0.1) is 0 Å². The number of hydrogen-bond acceptors (Lipinski definition) is 12. The quantitative estimate of drug-likeness (QED) is 0.0556. The molecule has 0 spiro atoms. The number of rotatable bonds is 22. The number of nitrogens with one attached hydrogen (secondary N) is 3. The van der Waals surface area contributed by atoms with Crippen molar-refractivity contribution in [2.45, 2.75) is 65.0 Å². The maximum atomic E-state index is 12.7. The zero-order valence-corrected chi connectivity index (χ0v) is 28.2. The number of imidazole rings is 2. The second kappa shape index (κ2) is 21.0. The molecular weight excluding hydrogens is 700 g/mol. The lowest BCUT2D eigenvalue weighted by molar-refractivity contribution is -0.158. The van der Waals surface area contributed by atoms with E-state index in [1.165, 1.54) is 45.9 Å². The molecule has 0 aliphatic heterocycles. The molecule has 2 heterocycles. The minimum Gasteiger partial charge on any atom is -0.481 e. The Morgan fingerprint density at radius 1 is 0.615 bits per heavy atom. The smallest absolute Gasteiger partial charge is 0.326 e. The summed E-state index contributed by atoms with van der Waals surface area (Å²) in [5.41, 5.74) is 0. The van der Waals surface area contributed by atoms with Gasteiger partial charge in [0.2, 0.25) is 17.7 Å². The fraction of sp³-hybridized carbons (Fsp3) is 0.483. The van der Waals surface area contributed by atoms with Gasteiger partial charge in [0, 0.05) is 44.7 Å². The molecule has 23 heteroatoms. The van der Waals surface area contributed by atoms with Crippen molar-refractivity contribution in [3.8, 4) is 0 Å². The molecule has 0 aliphatic rings. The van der Waals surface area contributed by atoms with E-state index in [1.54, 1.807) is 0 Å². The highest BCUT2D eigenvalue weighted by Gasteiger charge is 2.34. The van der Waals surface area contributed by atoms with Crippen molar-refractivity contribution in [2.75, 3.05) is 13.6 Å². The summed E-state index contributed by atoms with van der Waals surface area (Å²) >= 11 is 0. The molecule has 0 radical (unpaired) electrons. The molecule has 0 aromatic carbocycles. The summed E-state index contributed by atoms with van der Waals surface area (Å²) in [6.45, 7) is 2.38. The molecule has 2 atom stereocenters. The van der Waals surface area contributed by atoms with Gasteiger partial charge in [0.05, 0.1) is 19.6 Å². The van der Waals surface area contributed by atoms with Crippen LogP contribution in [0.4, 0.5) is 0 Å². The number of nitrogens with zero attached hydrogens (tertiary/aromatic N) is 5. The number of carbonyl (C=O) groups is 9. The van der Waals surface area contributed by atoms with Crippen LogP contribution < -0.4 is 16.0 Å². The van der Waals surface area contributed by atoms with Crippen molar-refractivity contribution >= 4 is 53.5 Å².